The lowest BCUT2D eigenvalue weighted by atomic mass is 10.1. The maximum atomic E-state index is 14.3. The number of fused-ring (bicyclic) bond motifs is 1. The van der Waals surface area contributed by atoms with Gasteiger partial charge < -0.3 is 9.64 Å². The summed E-state index contributed by atoms with van der Waals surface area (Å²) in [5.41, 5.74) is 3.22. The molecule has 1 fully saturated rings. The Kier molecular flexibility index (Phi) is 6.36. The van der Waals surface area contributed by atoms with Crippen molar-refractivity contribution in [1.29, 1.82) is 0 Å². The van der Waals surface area contributed by atoms with Crippen LogP contribution >= 0.6 is 11.3 Å². The van der Waals surface area contributed by atoms with E-state index in [1.807, 2.05) is 6.07 Å². The summed E-state index contributed by atoms with van der Waals surface area (Å²) in [6.07, 6.45) is 2.86. The fourth-order valence-electron chi connectivity index (χ4n) is 4.30. The zero-order valence-corrected chi connectivity index (χ0v) is 19.9. The molecule has 6 nitrogen and oxygen atoms in total. The first-order chi connectivity index (χ1) is 16.5. The van der Waals surface area contributed by atoms with Crippen LogP contribution in [0.4, 0.5) is 10.1 Å². The number of hydrogen-bond acceptors (Lipinski definition) is 7. The largest absolute Gasteiger partial charge is 0.453 e. The van der Waals surface area contributed by atoms with Gasteiger partial charge in [0.1, 0.15) is 11.4 Å². The van der Waals surface area contributed by atoms with E-state index in [1.54, 1.807) is 23.6 Å². The first-order valence-electron chi connectivity index (χ1n) is 11.2. The van der Waals surface area contributed by atoms with Crippen molar-refractivity contribution in [3.63, 3.8) is 0 Å². The molecular formula is C26H25FN4O2S. The molecule has 34 heavy (non-hydrogen) atoms. The number of likely N-dealkylation sites (tertiary alicyclic amines) is 1. The Labute approximate surface area is 201 Å². The van der Waals surface area contributed by atoms with E-state index in [2.05, 4.69) is 58.3 Å². The summed E-state index contributed by atoms with van der Waals surface area (Å²) in [5, 5.41) is 2.75. The fraction of sp³-hybridized carbons (Fsp3) is 0.269. The van der Waals surface area contributed by atoms with Crippen LogP contribution in [0.1, 0.15) is 12.0 Å². The topological polar surface area (TPSA) is 58.0 Å². The van der Waals surface area contributed by atoms with Crippen LogP contribution in [0.2, 0.25) is 0 Å². The molecule has 5 rings (SSSR count). The molecule has 0 N–H and O–H groups in total. The maximum Gasteiger partial charge on any atom is 0.167 e. The Morgan fingerprint density at radius 1 is 1.15 bits per heavy atom. The van der Waals surface area contributed by atoms with Gasteiger partial charge in [0.05, 0.1) is 10.2 Å². The molecule has 4 aromatic rings. The van der Waals surface area contributed by atoms with Gasteiger partial charge in [-0.15, -0.1) is 16.2 Å². The Hall–Kier alpha value is -3.20. The van der Waals surface area contributed by atoms with E-state index in [9.17, 15) is 9.30 Å². The minimum atomic E-state index is -0.635. The third kappa shape index (κ3) is 4.70. The van der Waals surface area contributed by atoms with Crippen molar-refractivity contribution in [2.45, 2.75) is 19.0 Å². The van der Waals surface area contributed by atoms with Gasteiger partial charge in [0.2, 0.25) is 0 Å². The van der Waals surface area contributed by atoms with Crippen LogP contribution in [0.25, 0.3) is 20.7 Å². The number of nitroso groups, excluding NO2 is 1. The quantitative estimate of drug-likeness (QED) is 0.288. The average molecular weight is 477 g/mol. The summed E-state index contributed by atoms with van der Waals surface area (Å²) >= 11 is 1.56. The molecule has 0 saturated carbocycles. The van der Waals surface area contributed by atoms with E-state index in [1.165, 1.54) is 24.1 Å². The highest BCUT2D eigenvalue weighted by molar-refractivity contribution is 7.22. The number of aromatic nitrogens is 1. The zero-order valence-electron chi connectivity index (χ0n) is 19.1. The molecule has 8 heteroatoms. The molecule has 0 spiro atoms. The average Bonchev–Trinajstić information content (AvgIpc) is 3.49. The maximum absolute atomic E-state index is 14.3. The molecule has 0 amide bonds. The van der Waals surface area contributed by atoms with E-state index in [-0.39, 0.29) is 11.4 Å². The number of ether oxygens (including phenoxy) is 1. The number of nitrogens with zero attached hydrogens (tertiary/aromatic N) is 4. The number of pyridine rings is 1. The van der Waals surface area contributed by atoms with Crippen molar-refractivity contribution in [3.05, 3.63) is 77.1 Å². The number of likely N-dealkylation sites (N-methyl/N-ethyl adjacent to an activating group) is 1. The fourth-order valence-corrected chi connectivity index (χ4v) is 5.37. The highest BCUT2D eigenvalue weighted by Crippen LogP contribution is 2.40. The van der Waals surface area contributed by atoms with Crippen molar-refractivity contribution in [1.82, 2.24) is 14.8 Å². The minimum Gasteiger partial charge on any atom is -0.453 e. The second-order valence-electron chi connectivity index (χ2n) is 8.78. The first-order valence-corrected chi connectivity index (χ1v) is 12.0. The monoisotopic (exact) mass is 476 g/mol. The van der Waals surface area contributed by atoms with Gasteiger partial charge in [-0.1, -0.05) is 24.3 Å². The van der Waals surface area contributed by atoms with E-state index in [0.29, 0.717) is 11.8 Å². The van der Waals surface area contributed by atoms with Gasteiger partial charge in [-0.05, 0) is 55.0 Å². The number of thiophene rings is 1. The Balaban J connectivity index is 1.34. The molecule has 174 valence electrons. The predicted octanol–water partition coefficient (Wildman–Crippen LogP) is 6.43. The number of benzene rings is 2. The molecule has 2 aromatic carbocycles. The lowest BCUT2D eigenvalue weighted by Gasteiger charge is -2.20. The molecule has 1 saturated heterocycles. The SMILES string of the molecule is CN(C)[C@H]1CCN(Cc2ccc(-c3cc4nccc(Oc5ccc(N=O)cc5F)c4s3)cc2)C1. The van der Waals surface area contributed by atoms with Crippen molar-refractivity contribution in [2.24, 2.45) is 5.18 Å². The van der Waals surface area contributed by atoms with Crippen LogP contribution in [0.3, 0.4) is 0 Å². The zero-order chi connectivity index (χ0) is 23.7. The molecule has 3 heterocycles. The van der Waals surface area contributed by atoms with Crippen molar-refractivity contribution in [3.8, 4) is 21.9 Å². The van der Waals surface area contributed by atoms with Gasteiger partial charge >= 0.3 is 0 Å². The van der Waals surface area contributed by atoms with E-state index < -0.39 is 5.82 Å². The third-order valence-corrected chi connectivity index (χ3v) is 7.43. The lowest BCUT2D eigenvalue weighted by molar-refractivity contribution is 0.264. The lowest BCUT2D eigenvalue weighted by Crippen LogP contribution is -2.31. The highest BCUT2D eigenvalue weighted by Gasteiger charge is 2.23. The Morgan fingerprint density at radius 2 is 1.97 bits per heavy atom. The number of hydrogen-bond donors (Lipinski definition) is 0. The van der Waals surface area contributed by atoms with Gasteiger partial charge in [-0.25, -0.2) is 4.39 Å². The molecule has 1 aliphatic heterocycles. The van der Waals surface area contributed by atoms with Crippen LogP contribution in [0.5, 0.6) is 11.5 Å². The first kappa shape index (κ1) is 22.6. The summed E-state index contributed by atoms with van der Waals surface area (Å²) in [5.74, 6) is -0.0741. The molecule has 0 radical (unpaired) electrons. The minimum absolute atomic E-state index is 0.0221. The Morgan fingerprint density at radius 3 is 2.68 bits per heavy atom. The summed E-state index contributed by atoms with van der Waals surface area (Å²) in [7, 11) is 4.30. The van der Waals surface area contributed by atoms with Crippen LogP contribution in [-0.4, -0.2) is 48.0 Å². The van der Waals surface area contributed by atoms with Gasteiger partial charge in [0.25, 0.3) is 0 Å². The highest BCUT2D eigenvalue weighted by atomic mass is 32.1. The van der Waals surface area contributed by atoms with Crippen LogP contribution < -0.4 is 4.74 Å². The molecule has 1 atom stereocenters. The summed E-state index contributed by atoms with van der Waals surface area (Å²) < 4.78 is 21.0. The van der Waals surface area contributed by atoms with E-state index >= 15 is 0 Å². The molecule has 0 bridgehead atoms. The standard InChI is InChI=1S/C26H25FN4O2S/c1-30(2)20-10-12-31(16-20)15-17-3-5-18(6-4-17)25-14-22-26(34-25)24(9-11-28-22)33-23-8-7-19(29-32)13-21(23)27/h3-9,11,13-14,20H,10,12,15-16H2,1-2H3/t20-/m0/s1. The molecule has 2 aromatic heterocycles. The summed E-state index contributed by atoms with van der Waals surface area (Å²) in [4.78, 5) is 21.0. The van der Waals surface area contributed by atoms with Crippen molar-refractivity contribution >= 4 is 27.2 Å². The molecule has 1 aliphatic rings. The summed E-state index contributed by atoms with van der Waals surface area (Å²) in [6.45, 7) is 3.19. The van der Waals surface area contributed by atoms with Crippen LogP contribution in [-0.2, 0) is 6.54 Å². The van der Waals surface area contributed by atoms with Crippen LogP contribution in [0.15, 0.2) is 66.0 Å². The second kappa shape index (κ2) is 9.58. The number of rotatable bonds is 7. The Bertz CT molecular complexity index is 1320. The predicted molar refractivity (Wildman–Crippen MR) is 134 cm³/mol. The molecule has 0 aliphatic carbocycles. The van der Waals surface area contributed by atoms with Gasteiger partial charge in [0.15, 0.2) is 11.6 Å². The normalized spacial score (nSPS) is 16.4. The summed E-state index contributed by atoms with van der Waals surface area (Å²) in [6, 6.07) is 16.9. The van der Waals surface area contributed by atoms with Crippen molar-refractivity contribution < 1.29 is 9.13 Å². The van der Waals surface area contributed by atoms with Gasteiger partial charge in [-0.2, -0.15) is 0 Å². The van der Waals surface area contributed by atoms with Crippen LogP contribution in [0, 0.1) is 10.7 Å². The van der Waals surface area contributed by atoms with E-state index in [4.69, 9.17) is 4.74 Å². The van der Waals surface area contributed by atoms with Crippen molar-refractivity contribution in [2.75, 3.05) is 27.2 Å². The molecular weight excluding hydrogens is 451 g/mol. The van der Waals surface area contributed by atoms with Gasteiger partial charge in [0, 0.05) is 48.9 Å². The second-order valence-corrected chi connectivity index (χ2v) is 9.83. The smallest absolute Gasteiger partial charge is 0.167 e. The van der Waals surface area contributed by atoms with E-state index in [0.717, 1.165) is 46.4 Å². The van der Waals surface area contributed by atoms with Gasteiger partial charge in [-0.3, -0.25) is 9.88 Å². The number of halogens is 1. The molecule has 0 unspecified atom stereocenters. The third-order valence-electron chi connectivity index (χ3n) is 6.24.